The predicted molar refractivity (Wildman–Crippen MR) is 138 cm³/mol. The molecule has 4 rings (SSSR count). The molecule has 4 nitrogen and oxygen atoms in total. The number of alkyl halides is 3. The highest BCUT2D eigenvalue weighted by molar-refractivity contribution is 6.42. The summed E-state index contributed by atoms with van der Waals surface area (Å²) in [5.41, 5.74) is 0.827. The van der Waals surface area contributed by atoms with E-state index in [4.69, 9.17) is 23.2 Å². The molecule has 1 fully saturated rings. The summed E-state index contributed by atoms with van der Waals surface area (Å²) in [7, 11) is 1.78. The maximum Gasteiger partial charge on any atom is 0.419 e. The van der Waals surface area contributed by atoms with Crippen molar-refractivity contribution in [3.63, 3.8) is 0 Å². The van der Waals surface area contributed by atoms with Crippen molar-refractivity contribution >= 4 is 34.9 Å². The summed E-state index contributed by atoms with van der Waals surface area (Å²) in [6.45, 7) is 2.27. The van der Waals surface area contributed by atoms with Gasteiger partial charge in [-0.2, -0.15) is 13.2 Å². The summed E-state index contributed by atoms with van der Waals surface area (Å²) in [6, 6.07) is 14.3. The molecule has 1 aliphatic heterocycles. The van der Waals surface area contributed by atoms with E-state index in [1.165, 1.54) is 13.0 Å². The fraction of sp³-hybridized carbons (Fsp3) is 0.286. The average Bonchev–Trinajstić information content (AvgIpc) is 3.30. The zero-order valence-corrected chi connectivity index (χ0v) is 22.0. The number of carbonyl (C=O) groups is 2. The van der Waals surface area contributed by atoms with Crippen LogP contribution in [0.2, 0.25) is 10.0 Å². The Morgan fingerprint density at radius 3 is 2.18 bits per heavy atom. The molecule has 1 saturated heterocycles. The number of hydrogen-bond acceptors (Lipinski definition) is 3. The molecule has 3 aromatic rings. The predicted octanol–water partition coefficient (Wildman–Crippen LogP) is 7.09. The van der Waals surface area contributed by atoms with Crippen molar-refractivity contribution in [2.24, 2.45) is 0 Å². The molecule has 0 aromatic heterocycles. The first-order valence-electron chi connectivity index (χ1n) is 11.8. The molecular weight excluding hydrogens is 543 g/mol. The number of benzene rings is 3. The van der Waals surface area contributed by atoms with Crippen LogP contribution in [-0.4, -0.2) is 47.7 Å². The first-order valence-corrected chi connectivity index (χ1v) is 12.5. The number of Topliss-reactive ketones (excluding diaryl/α,β-unsaturated/α-hetero) is 1. The third-order valence-corrected chi connectivity index (χ3v) is 7.56. The molecule has 0 radical (unpaired) electrons. The highest BCUT2D eigenvalue weighted by Gasteiger charge is 2.39. The van der Waals surface area contributed by atoms with Crippen molar-refractivity contribution < 1.29 is 27.2 Å². The zero-order chi connectivity index (χ0) is 27.8. The van der Waals surface area contributed by atoms with Gasteiger partial charge in [-0.25, -0.2) is 4.39 Å². The van der Waals surface area contributed by atoms with E-state index in [1.54, 1.807) is 48.3 Å². The van der Waals surface area contributed by atoms with Crippen molar-refractivity contribution in [2.45, 2.75) is 31.6 Å². The molecule has 3 aromatic carbocycles. The lowest BCUT2D eigenvalue weighted by molar-refractivity contribution is -0.140. The van der Waals surface area contributed by atoms with E-state index in [9.17, 15) is 27.2 Å². The number of ketones is 1. The highest BCUT2D eigenvalue weighted by atomic mass is 35.5. The molecule has 1 amide bonds. The Morgan fingerprint density at radius 1 is 0.947 bits per heavy atom. The van der Waals surface area contributed by atoms with Crippen LogP contribution in [0, 0.1) is 5.82 Å². The topological polar surface area (TPSA) is 40.6 Å². The van der Waals surface area contributed by atoms with Crippen LogP contribution in [-0.2, 0) is 12.7 Å². The van der Waals surface area contributed by atoms with Gasteiger partial charge in [-0.3, -0.25) is 14.5 Å². The van der Waals surface area contributed by atoms with Crippen LogP contribution in [0.5, 0.6) is 0 Å². The first kappa shape index (κ1) is 28.1. The fourth-order valence-corrected chi connectivity index (χ4v) is 5.10. The van der Waals surface area contributed by atoms with Crippen molar-refractivity contribution in [1.82, 2.24) is 9.80 Å². The smallest absolute Gasteiger partial charge is 0.336 e. The van der Waals surface area contributed by atoms with Gasteiger partial charge in [-0.1, -0.05) is 47.5 Å². The maximum atomic E-state index is 14.2. The van der Waals surface area contributed by atoms with E-state index in [1.807, 2.05) is 11.0 Å². The molecule has 1 heterocycles. The van der Waals surface area contributed by atoms with Gasteiger partial charge in [0.25, 0.3) is 5.91 Å². The van der Waals surface area contributed by atoms with Gasteiger partial charge in [0.1, 0.15) is 5.82 Å². The van der Waals surface area contributed by atoms with E-state index in [0.717, 1.165) is 17.7 Å². The minimum absolute atomic E-state index is 0.105. The molecule has 0 N–H and O–H groups in total. The molecule has 1 aliphatic rings. The lowest BCUT2D eigenvalue weighted by atomic mass is 9.93. The molecule has 2 atom stereocenters. The largest absolute Gasteiger partial charge is 0.419 e. The van der Waals surface area contributed by atoms with Crippen LogP contribution in [0.1, 0.15) is 50.2 Å². The van der Waals surface area contributed by atoms with Crippen LogP contribution in [0.25, 0.3) is 0 Å². The molecule has 38 heavy (non-hydrogen) atoms. The minimum Gasteiger partial charge on any atom is -0.336 e. The molecule has 0 unspecified atom stereocenters. The SMILES string of the molecule is CC(=O)c1ccc(C(=O)N2C[C@H](c3ccc(Cl)c(Cl)c3)[C@@H](N(C)Cc3ccc(C(F)(F)F)c(F)c3)C2)cc1. The van der Waals surface area contributed by atoms with Gasteiger partial charge in [0.15, 0.2) is 5.78 Å². The first-order chi connectivity index (χ1) is 17.8. The van der Waals surface area contributed by atoms with E-state index < -0.39 is 17.6 Å². The van der Waals surface area contributed by atoms with Crippen molar-refractivity contribution in [1.29, 1.82) is 0 Å². The van der Waals surface area contributed by atoms with Crippen molar-refractivity contribution in [2.75, 3.05) is 20.1 Å². The second-order valence-electron chi connectivity index (χ2n) is 9.42. The zero-order valence-electron chi connectivity index (χ0n) is 20.5. The van der Waals surface area contributed by atoms with Crippen LogP contribution < -0.4 is 0 Å². The summed E-state index contributed by atoms with van der Waals surface area (Å²) >= 11 is 12.4. The normalized spacial score (nSPS) is 17.8. The molecule has 200 valence electrons. The van der Waals surface area contributed by atoms with Gasteiger partial charge < -0.3 is 4.90 Å². The lowest BCUT2D eigenvalue weighted by Gasteiger charge is -2.29. The monoisotopic (exact) mass is 566 g/mol. The molecular formula is C28H24Cl2F4N2O2. The summed E-state index contributed by atoms with van der Waals surface area (Å²) < 4.78 is 53.1. The lowest BCUT2D eigenvalue weighted by Crippen LogP contribution is -2.38. The van der Waals surface area contributed by atoms with Crippen LogP contribution in [0.4, 0.5) is 17.6 Å². The molecule has 0 spiro atoms. The summed E-state index contributed by atoms with van der Waals surface area (Å²) in [4.78, 5) is 28.5. The Hall–Kier alpha value is -2.94. The Balaban J connectivity index is 1.60. The molecule has 0 bridgehead atoms. The Bertz CT molecular complexity index is 1360. The molecule has 0 aliphatic carbocycles. The van der Waals surface area contributed by atoms with E-state index in [-0.39, 0.29) is 30.2 Å². The Labute approximate surface area is 227 Å². The summed E-state index contributed by atoms with van der Waals surface area (Å²) in [6.07, 6.45) is -4.78. The van der Waals surface area contributed by atoms with E-state index in [2.05, 4.69) is 0 Å². The Kier molecular flexibility index (Phi) is 8.16. The van der Waals surface area contributed by atoms with Gasteiger partial charge in [0.2, 0.25) is 0 Å². The second kappa shape index (κ2) is 11.0. The highest BCUT2D eigenvalue weighted by Crippen LogP contribution is 2.36. The third-order valence-electron chi connectivity index (χ3n) is 6.82. The average molecular weight is 567 g/mol. The number of amides is 1. The molecule has 0 saturated carbocycles. The van der Waals surface area contributed by atoms with Gasteiger partial charge in [0, 0.05) is 42.7 Å². The summed E-state index contributed by atoms with van der Waals surface area (Å²) in [5, 5.41) is 0.747. The quantitative estimate of drug-likeness (QED) is 0.236. The third kappa shape index (κ3) is 6.03. The van der Waals surface area contributed by atoms with Gasteiger partial charge in [0.05, 0.1) is 15.6 Å². The van der Waals surface area contributed by atoms with Gasteiger partial charge in [-0.05, 0) is 61.5 Å². The van der Waals surface area contributed by atoms with E-state index in [0.29, 0.717) is 39.8 Å². The van der Waals surface area contributed by atoms with Crippen molar-refractivity contribution in [3.05, 3.63) is 104 Å². The standard InChI is InChI=1S/C28H24Cl2F4N2O2/c1-16(37)18-4-6-19(7-5-18)27(38)36-14-21(20-8-10-23(29)24(30)12-20)26(15-36)35(2)13-17-3-9-22(25(31)11-17)28(32,33)34/h3-12,21,26H,13-15H2,1-2H3/t21-,26+/m1/s1. The minimum atomic E-state index is -4.78. The van der Waals surface area contributed by atoms with Crippen LogP contribution in [0.15, 0.2) is 60.7 Å². The van der Waals surface area contributed by atoms with E-state index >= 15 is 0 Å². The number of nitrogens with zero attached hydrogens (tertiary/aromatic N) is 2. The molecule has 10 heteroatoms. The number of hydrogen-bond donors (Lipinski definition) is 0. The number of likely N-dealkylation sites (N-methyl/N-ethyl adjacent to an activating group) is 1. The summed E-state index contributed by atoms with van der Waals surface area (Å²) in [5.74, 6) is -1.86. The number of halogens is 6. The number of likely N-dealkylation sites (tertiary alicyclic amines) is 1. The number of rotatable bonds is 6. The van der Waals surface area contributed by atoms with Gasteiger partial charge >= 0.3 is 6.18 Å². The second-order valence-corrected chi connectivity index (χ2v) is 10.2. The van der Waals surface area contributed by atoms with Gasteiger partial charge in [-0.15, -0.1) is 0 Å². The fourth-order valence-electron chi connectivity index (χ4n) is 4.79. The van der Waals surface area contributed by atoms with Crippen molar-refractivity contribution in [3.8, 4) is 0 Å². The van der Waals surface area contributed by atoms with Crippen LogP contribution >= 0.6 is 23.2 Å². The maximum absolute atomic E-state index is 14.2. The van der Waals surface area contributed by atoms with Crippen LogP contribution in [0.3, 0.4) is 0 Å². The Morgan fingerprint density at radius 2 is 1.61 bits per heavy atom. The number of carbonyl (C=O) groups excluding carboxylic acids is 2.